The van der Waals surface area contributed by atoms with E-state index >= 15 is 0 Å². The first-order valence-electron chi connectivity index (χ1n) is 5.69. The van der Waals surface area contributed by atoms with Gasteiger partial charge in [-0.2, -0.15) is 5.26 Å². The third kappa shape index (κ3) is 2.34. The molecule has 1 aromatic carbocycles. The van der Waals surface area contributed by atoms with E-state index in [1.54, 1.807) is 6.07 Å². The summed E-state index contributed by atoms with van der Waals surface area (Å²) < 4.78 is 0. The van der Waals surface area contributed by atoms with Crippen molar-refractivity contribution in [2.75, 3.05) is 0 Å². The molecule has 0 radical (unpaired) electrons. The molecule has 90 valence electrons. The van der Waals surface area contributed by atoms with E-state index in [1.807, 2.05) is 44.2 Å². The molecule has 18 heavy (non-hydrogen) atoms. The van der Waals surface area contributed by atoms with Gasteiger partial charge in [-0.1, -0.05) is 24.3 Å². The molecule has 0 amide bonds. The highest BCUT2D eigenvalue weighted by Crippen LogP contribution is 2.26. The highest BCUT2D eigenvalue weighted by atomic mass is 32.1. The van der Waals surface area contributed by atoms with Crippen molar-refractivity contribution in [3.05, 3.63) is 57.3 Å². The topological polar surface area (TPSA) is 40.9 Å². The summed E-state index contributed by atoms with van der Waals surface area (Å²) in [6.45, 7) is 3.88. The first-order valence-corrected chi connectivity index (χ1v) is 6.51. The van der Waals surface area contributed by atoms with Crippen LogP contribution in [0.5, 0.6) is 0 Å². The maximum Gasteiger partial charge on any atom is 0.194 e. The van der Waals surface area contributed by atoms with Crippen molar-refractivity contribution in [2.24, 2.45) is 0 Å². The molecule has 0 N–H and O–H groups in total. The van der Waals surface area contributed by atoms with E-state index < -0.39 is 5.92 Å². The Hall–Kier alpha value is -1.92. The molecule has 0 saturated carbocycles. The molecule has 0 spiro atoms. The summed E-state index contributed by atoms with van der Waals surface area (Å²) in [6.07, 6.45) is 0. The lowest BCUT2D eigenvalue weighted by molar-refractivity contribution is 0.0982. The van der Waals surface area contributed by atoms with E-state index in [1.165, 1.54) is 11.3 Å². The van der Waals surface area contributed by atoms with Gasteiger partial charge in [-0.25, -0.2) is 0 Å². The smallest absolute Gasteiger partial charge is 0.194 e. The molecule has 2 rings (SSSR count). The summed E-state index contributed by atoms with van der Waals surface area (Å²) in [4.78, 5) is 14.1. The average Bonchev–Trinajstić information content (AvgIpc) is 2.79. The molecule has 0 saturated heterocycles. The number of nitriles is 1. The summed E-state index contributed by atoms with van der Waals surface area (Å²) >= 11 is 1.44. The van der Waals surface area contributed by atoms with Crippen molar-refractivity contribution in [3.63, 3.8) is 0 Å². The predicted molar refractivity (Wildman–Crippen MR) is 72.9 cm³/mol. The molecular formula is C15H13NOS. The molecule has 2 aromatic rings. The molecule has 1 aromatic heterocycles. The fourth-order valence-electron chi connectivity index (χ4n) is 1.89. The van der Waals surface area contributed by atoms with Gasteiger partial charge >= 0.3 is 0 Å². The zero-order chi connectivity index (χ0) is 13.1. The molecule has 1 unspecified atom stereocenters. The summed E-state index contributed by atoms with van der Waals surface area (Å²) in [7, 11) is 0. The zero-order valence-corrected chi connectivity index (χ0v) is 11.1. The van der Waals surface area contributed by atoms with Crippen LogP contribution in [0.1, 0.15) is 31.6 Å². The largest absolute Gasteiger partial charge is 0.291 e. The predicted octanol–water partition coefficient (Wildman–Crippen LogP) is 3.86. The normalized spacial score (nSPS) is 11.8. The Morgan fingerprint density at radius 1 is 1.22 bits per heavy atom. The number of hydrogen-bond donors (Lipinski definition) is 0. The number of carbonyl (C=O) groups is 1. The maximum absolute atomic E-state index is 12.3. The quantitative estimate of drug-likeness (QED) is 0.781. The number of Topliss-reactive ketones (excluding diaryl/α,β-unsaturated/α-hetero) is 1. The van der Waals surface area contributed by atoms with Gasteiger partial charge in [0.15, 0.2) is 5.78 Å². The van der Waals surface area contributed by atoms with E-state index in [2.05, 4.69) is 6.07 Å². The molecule has 1 heterocycles. The van der Waals surface area contributed by atoms with E-state index in [9.17, 15) is 10.1 Å². The Bertz CT molecular complexity index is 621. The Kier molecular flexibility index (Phi) is 3.59. The van der Waals surface area contributed by atoms with Crippen LogP contribution in [-0.2, 0) is 0 Å². The van der Waals surface area contributed by atoms with Crippen LogP contribution in [0.25, 0.3) is 0 Å². The van der Waals surface area contributed by atoms with E-state index in [-0.39, 0.29) is 5.78 Å². The van der Waals surface area contributed by atoms with Crippen LogP contribution >= 0.6 is 11.3 Å². The SMILES string of the molecule is Cc1ccc(C(=O)C(C#N)c2ccccc2C)s1. The molecule has 3 heteroatoms. The standard InChI is InChI=1S/C15H13NOS/c1-10-5-3-4-6-12(10)13(9-16)15(17)14-8-7-11(2)18-14/h3-8,13H,1-2H3. The molecule has 0 fully saturated rings. The first kappa shape index (κ1) is 12.5. The van der Waals surface area contributed by atoms with Gasteiger partial charge in [0.05, 0.1) is 10.9 Å². The summed E-state index contributed by atoms with van der Waals surface area (Å²) in [5.74, 6) is -0.811. The highest BCUT2D eigenvalue weighted by Gasteiger charge is 2.23. The van der Waals surface area contributed by atoms with Gasteiger partial charge in [-0.15, -0.1) is 11.3 Å². The highest BCUT2D eigenvalue weighted by molar-refractivity contribution is 7.14. The fraction of sp³-hybridized carbons (Fsp3) is 0.200. The zero-order valence-electron chi connectivity index (χ0n) is 10.3. The summed E-state index contributed by atoms with van der Waals surface area (Å²) in [6, 6.07) is 13.4. The number of thiophene rings is 1. The lowest BCUT2D eigenvalue weighted by Crippen LogP contribution is -2.11. The van der Waals surface area contributed by atoms with Crippen molar-refractivity contribution < 1.29 is 4.79 Å². The van der Waals surface area contributed by atoms with Gasteiger partial charge in [0.1, 0.15) is 5.92 Å². The molecule has 0 bridgehead atoms. The van der Waals surface area contributed by atoms with Crippen molar-refractivity contribution in [1.82, 2.24) is 0 Å². The second kappa shape index (κ2) is 5.16. The second-order valence-electron chi connectivity index (χ2n) is 4.19. The van der Waals surface area contributed by atoms with Crippen LogP contribution in [0.15, 0.2) is 36.4 Å². The molecule has 0 aliphatic rings. The number of carbonyl (C=O) groups excluding carboxylic acids is 1. The van der Waals surface area contributed by atoms with Crippen molar-refractivity contribution >= 4 is 17.1 Å². The lowest BCUT2D eigenvalue weighted by Gasteiger charge is -2.10. The fourth-order valence-corrected chi connectivity index (χ4v) is 2.73. The molecule has 1 atom stereocenters. The number of nitrogens with zero attached hydrogens (tertiary/aromatic N) is 1. The van der Waals surface area contributed by atoms with Gasteiger partial charge < -0.3 is 0 Å². The minimum absolute atomic E-state index is 0.107. The number of aryl methyl sites for hydroxylation is 2. The Labute approximate surface area is 111 Å². The van der Waals surface area contributed by atoms with Crippen LogP contribution in [0, 0.1) is 25.2 Å². The summed E-state index contributed by atoms with van der Waals surface area (Å²) in [5, 5.41) is 9.28. The maximum atomic E-state index is 12.3. The molecule has 0 aliphatic carbocycles. The van der Waals surface area contributed by atoms with Gasteiger partial charge in [0.25, 0.3) is 0 Å². The Balaban J connectivity index is 2.39. The second-order valence-corrected chi connectivity index (χ2v) is 5.48. The average molecular weight is 255 g/mol. The van der Waals surface area contributed by atoms with Crippen LogP contribution < -0.4 is 0 Å². The van der Waals surface area contributed by atoms with Crippen LogP contribution in [-0.4, -0.2) is 5.78 Å². The van der Waals surface area contributed by atoms with Crippen molar-refractivity contribution in [3.8, 4) is 6.07 Å². The van der Waals surface area contributed by atoms with Gasteiger partial charge in [0, 0.05) is 4.88 Å². The van der Waals surface area contributed by atoms with Crippen LogP contribution in [0.4, 0.5) is 0 Å². The minimum atomic E-state index is -0.704. The van der Waals surface area contributed by atoms with Gasteiger partial charge in [0.2, 0.25) is 0 Å². The first-order chi connectivity index (χ1) is 8.63. The number of benzene rings is 1. The lowest BCUT2D eigenvalue weighted by atomic mass is 9.92. The minimum Gasteiger partial charge on any atom is -0.291 e. The van der Waals surface area contributed by atoms with Crippen LogP contribution in [0.2, 0.25) is 0 Å². The Morgan fingerprint density at radius 3 is 2.50 bits per heavy atom. The monoisotopic (exact) mass is 255 g/mol. The molecule has 0 aliphatic heterocycles. The van der Waals surface area contributed by atoms with Crippen molar-refractivity contribution in [2.45, 2.75) is 19.8 Å². The van der Waals surface area contributed by atoms with E-state index in [0.717, 1.165) is 16.0 Å². The third-order valence-corrected chi connectivity index (χ3v) is 3.89. The molecular weight excluding hydrogens is 242 g/mol. The number of hydrogen-bond acceptors (Lipinski definition) is 3. The number of ketones is 1. The Morgan fingerprint density at radius 2 is 1.94 bits per heavy atom. The van der Waals surface area contributed by atoms with E-state index in [0.29, 0.717) is 4.88 Å². The summed E-state index contributed by atoms with van der Waals surface area (Å²) in [5.41, 5.74) is 1.78. The van der Waals surface area contributed by atoms with Crippen molar-refractivity contribution in [1.29, 1.82) is 5.26 Å². The van der Waals surface area contributed by atoms with Gasteiger partial charge in [-0.05, 0) is 37.1 Å². The van der Waals surface area contributed by atoms with Gasteiger partial charge in [-0.3, -0.25) is 4.79 Å². The third-order valence-electron chi connectivity index (χ3n) is 2.87. The number of rotatable bonds is 3. The molecule has 2 nitrogen and oxygen atoms in total. The van der Waals surface area contributed by atoms with Crippen LogP contribution in [0.3, 0.4) is 0 Å². The van der Waals surface area contributed by atoms with E-state index in [4.69, 9.17) is 0 Å².